The first-order chi connectivity index (χ1) is 15.0. The van der Waals surface area contributed by atoms with Crippen LogP contribution in [0.1, 0.15) is 18.1 Å². The lowest BCUT2D eigenvalue weighted by atomic mass is 10.1. The molecule has 0 aliphatic rings. The van der Waals surface area contributed by atoms with Crippen LogP contribution in [0.5, 0.6) is 5.75 Å². The Morgan fingerprint density at radius 2 is 1.56 bits per heavy atom. The number of nitrogens with one attached hydrogen (secondary N) is 2. The fraction of sp³-hybridized carbons (Fsp3) is 0.174. The lowest BCUT2D eigenvalue weighted by molar-refractivity contribution is -0.122. The molecular formula is C23H22Cl2N2O4S. The minimum absolute atomic E-state index is 0.0480. The Labute approximate surface area is 197 Å². The summed E-state index contributed by atoms with van der Waals surface area (Å²) in [6, 6.07) is 15.8. The SMILES string of the molecule is Cc1cc(OC(C)C(=O)Nc2ccc(S(=O)(=O)Nc3cccc(Cl)c3)cc2)cc(C)c1Cl. The maximum atomic E-state index is 12.6. The van der Waals surface area contributed by atoms with E-state index in [2.05, 4.69) is 10.0 Å². The molecule has 0 heterocycles. The smallest absolute Gasteiger partial charge is 0.265 e. The van der Waals surface area contributed by atoms with Crippen LogP contribution in [0.4, 0.5) is 11.4 Å². The Bertz CT molecular complexity index is 1220. The van der Waals surface area contributed by atoms with Crippen LogP contribution in [-0.2, 0) is 14.8 Å². The maximum Gasteiger partial charge on any atom is 0.265 e. The quantitative estimate of drug-likeness (QED) is 0.435. The zero-order chi connectivity index (χ0) is 23.5. The van der Waals surface area contributed by atoms with E-state index in [1.54, 1.807) is 37.3 Å². The van der Waals surface area contributed by atoms with Gasteiger partial charge < -0.3 is 10.1 Å². The molecular weight excluding hydrogens is 471 g/mol. The third-order valence-corrected chi connectivity index (χ3v) is 6.83. The van der Waals surface area contributed by atoms with Crippen LogP contribution in [0.3, 0.4) is 0 Å². The fourth-order valence-electron chi connectivity index (χ4n) is 2.96. The predicted octanol–water partition coefficient (Wildman–Crippen LogP) is 5.82. The highest BCUT2D eigenvalue weighted by atomic mass is 35.5. The molecule has 3 aromatic rings. The van der Waals surface area contributed by atoms with Crippen molar-refractivity contribution >= 4 is 50.5 Å². The van der Waals surface area contributed by atoms with E-state index < -0.39 is 16.1 Å². The van der Waals surface area contributed by atoms with E-state index in [1.165, 1.54) is 30.3 Å². The van der Waals surface area contributed by atoms with Crippen molar-refractivity contribution in [2.45, 2.75) is 31.8 Å². The van der Waals surface area contributed by atoms with Gasteiger partial charge in [0.2, 0.25) is 0 Å². The second-order valence-corrected chi connectivity index (χ2v) is 9.76. The van der Waals surface area contributed by atoms with Gasteiger partial charge in [-0.3, -0.25) is 9.52 Å². The summed E-state index contributed by atoms with van der Waals surface area (Å²) in [4.78, 5) is 12.6. The number of aryl methyl sites for hydroxylation is 2. The number of hydrogen-bond acceptors (Lipinski definition) is 4. The Hall–Kier alpha value is -2.74. The summed E-state index contributed by atoms with van der Waals surface area (Å²) >= 11 is 12.1. The van der Waals surface area contributed by atoms with Crippen LogP contribution in [0.25, 0.3) is 0 Å². The number of halogens is 2. The first-order valence-corrected chi connectivity index (χ1v) is 11.9. The largest absolute Gasteiger partial charge is 0.481 e. The normalized spacial score (nSPS) is 12.2. The van der Waals surface area contributed by atoms with Crippen LogP contribution in [0.2, 0.25) is 10.0 Å². The van der Waals surface area contributed by atoms with E-state index in [0.717, 1.165) is 11.1 Å². The minimum Gasteiger partial charge on any atom is -0.481 e. The average molecular weight is 493 g/mol. The number of anilines is 2. The molecule has 1 amide bonds. The lowest BCUT2D eigenvalue weighted by Crippen LogP contribution is -2.30. The molecule has 168 valence electrons. The fourth-order valence-corrected chi connectivity index (χ4v) is 4.31. The Kier molecular flexibility index (Phi) is 7.33. The lowest BCUT2D eigenvalue weighted by Gasteiger charge is -2.16. The topological polar surface area (TPSA) is 84.5 Å². The van der Waals surface area contributed by atoms with Gasteiger partial charge in [0, 0.05) is 15.7 Å². The number of carbonyl (C=O) groups is 1. The Morgan fingerprint density at radius 1 is 0.938 bits per heavy atom. The summed E-state index contributed by atoms with van der Waals surface area (Å²) in [5.41, 5.74) is 2.51. The van der Waals surface area contributed by atoms with Gasteiger partial charge in [-0.2, -0.15) is 0 Å². The summed E-state index contributed by atoms with van der Waals surface area (Å²) in [7, 11) is -3.80. The summed E-state index contributed by atoms with van der Waals surface area (Å²) in [5, 5.41) is 3.80. The predicted molar refractivity (Wildman–Crippen MR) is 128 cm³/mol. The van der Waals surface area contributed by atoms with E-state index in [-0.39, 0.29) is 10.8 Å². The monoisotopic (exact) mass is 492 g/mol. The molecule has 1 atom stereocenters. The highest BCUT2D eigenvalue weighted by Crippen LogP contribution is 2.27. The molecule has 3 aromatic carbocycles. The number of sulfonamides is 1. The zero-order valence-corrected chi connectivity index (χ0v) is 20.0. The van der Waals surface area contributed by atoms with Gasteiger partial charge in [-0.05, 0) is 86.5 Å². The van der Waals surface area contributed by atoms with Crippen molar-refractivity contribution in [2.75, 3.05) is 10.0 Å². The second kappa shape index (κ2) is 9.81. The van der Waals surface area contributed by atoms with E-state index in [0.29, 0.717) is 27.2 Å². The molecule has 0 fully saturated rings. The molecule has 0 aromatic heterocycles. The third kappa shape index (κ3) is 5.94. The van der Waals surface area contributed by atoms with Crippen molar-refractivity contribution in [3.8, 4) is 5.75 Å². The molecule has 0 saturated carbocycles. The second-order valence-electron chi connectivity index (χ2n) is 7.26. The molecule has 0 spiro atoms. The van der Waals surface area contributed by atoms with Crippen LogP contribution >= 0.6 is 23.2 Å². The van der Waals surface area contributed by atoms with E-state index in [9.17, 15) is 13.2 Å². The number of amides is 1. The number of hydrogen-bond donors (Lipinski definition) is 2. The van der Waals surface area contributed by atoms with Crippen molar-refractivity contribution in [3.63, 3.8) is 0 Å². The van der Waals surface area contributed by atoms with Crippen LogP contribution < -0.4 is 14.8 Å². The molecule has 0 radical (unpaired) electrons. The van der Waals surface area contributed by atoms with Crippen molar-refractivity contribution in [2.24, 2.45) is 0 Å². The van der Waals surface area contributed by atoms with Gasteiger partial charge in [-0.1, -0.05) is 29.3 Å². The molecule has 9 heteroatoms. The molecule has 2 N–H and O–H groups in total. The third-order valence-electron chi connectivity index (χ3n) is 4.60. The zero-order valence-electron chi connectivity index (χ0n) is 17.6. The molecule has 0 saturated heterocycles. The van der Waals surface area contributed by atoms with Crippen molar-refractivity contribution < 1.29 is 17.9 Å². The van der Waals surface area contributed by atoms with Crippen molar-refractivity contribution in [1.29, 1.82) is 0 Å². The van der Waals surface area contributed by atoms with Crippen LogP contribution in [-0.4, -0.2) is 20.4 Å². The number of ether oxygens (including phenoxy) is 1. The molecule has 3 rings (SSSR count). The first kappa shape index (κ1) is 23.9. The van der Waals surface area contributed by atoms with Gasteiger partial charge in [0.05, 0.1) is 10.6 Å². The van der Waals surface area contributed by atoms with Gasteiger partial charge in [-0.25, -0.2) is 8.42 Å². The molecule has 0 bridgehead atoms. The summed E-state index contributed by atoms with van der Waals surface area (Å²) in [6.07, 6.45) is -0.775. The molecule has 6 nitrogen and oxygen atoms in total. The maximum absolute atomic E-state index is 12.6. The summed E-state index contributed by atoms with van der Waals surface area (Å²) in [6.45, 7) is 5.36. The number of carbonyl (C=O) groups excluding carboxylic acids is 1. The van der Waals surface area contributed by atoms with Crippen molar-refractivity contribution in [1.82, 2.24) is 0 Å². The molecule has 32 heavy (non-hydrogen) atoms. The standard InChI is InChI=1S/C23H22Cl2N2O4S/c1-14-11-20(12-15(2)22(14)25)31-16(3)23(28)26-18-7-9-21(10-8-18)32(29,30)27-19-6-4-5-17(24)13-19/h4-13,16,27H,1-3H3,(H,26,28). The van der Waals surface area contributed by atoms with Crippen LogP contribution in [0, 0.1) is 13.8 Å². The van der Waals surface area contributed by atoms with Gasteiger partial charge in [-0.15, -0.1) is 0 Å². The highest BCUT2D eigenvalue weighted by molar-refractivity contribution is 7.92. The first-order valence-electron chi connectivity index (χ1n) is 9.68. The van der Waals surface area contributed by atoms with E-state index in [4.69, 9.17) is 27.9 Å². The van der Waals surface area contributed by atoms with Crippen molar-refractivity contribution in [3.05, 3.63) is 81.8 Å². The Morgan fingerprint density at radius 3 is 2.16 bits per heavy atom. The van der Waals surface area contributed by atoms with Gasteiger partial charge in [0.15, 0.2) is 6.10 Å². The van der Waals surface area contributed by atoms with Gasteiger partial charge >= 0.3 is 0 Å². The summed E-state index contributed by atoms with van der Waals surface area (Å²) in [5.74, 6) is 0.170. The highest BCUT2D eigenvalue weighted by Gasteiger charge is 2.18. The molecule has 0 aliphatic heterocycles. The Balaban J connectivity index is 1.65. The molecule has 0 aliphatic carbocycles. The van der Waals surface area contributed by atoms with E-state index >= 15 is 0 Å². The average Bonchev–Trinajstić information content (AvgIpc) is 2.72. The summed E-state index contributed by atoms with van der Waals surface area (Å²) < 4.78 is 33.3. The van der Waals surface area contributed by atoms with Gasteiger partial charge in [0.1, 0.15) is 5.75 Å². The minimum atomic E-state index is -3.80. The number of benzene rings is 3. The van der Waals surface area contributed by atoms with E-state index in [1.807, 2.05) is 13.8 Å². The molecule has 1 unspecified atom stereocenters. The van der Waals surface area contributed by atoms with Crippen LogP contribution in [0.15, 0.2) is 65.6 Å². The number of rotatable bonds is 7. The van der Waals surface area contributed by atoms with Gasteiger partial charge in [0.25, 0.3) is 15.9 Å².